The summed E-state index contributed by atoms with van der Waals surface area (Å²) >= 11 is 0. The minimum Gasteiger partial charge on any atom is -0.493 e. The number of Topliss-reactive ketones (excluding diaryl/α,β-unsaturated/α-hetero) is 1. The van der Waals surface area contributed by atoms with E-state index in [2.05, 4.69) is 5.32 Å². The standard InChI is InChI=1S/C30H34N2O7/c1-7-17(3)39-30(34)27-18(4)31-22-12-21(19-10-11-25(37-5)26(15-19)38-6)14-24(33)29(22)28(27)20-9-8-16(2)23(13-20)32(35)36/h8-11,13,15,17,21,28,31H,7,12,14H2,1-6H3. The van der Waals surface area contributed by atoms with Crippen molar-refractivity contribution >= 4 is 17.4 Å². The average Bonchev–Trinajstić information content (AvgIpc) is 2.91. The quantitative estimate of drug-likeness (QED) is 0.263. The number of nitro groups is 1. The molecule has 0 amide bonds. The number of carbonyl (C=O) groups excluding carboxylic acids is 2. The number of hydrogen-bond acceptors (Lipinski definition) is 8. The van der Waals surface area contributed by atoms with Crippen LogP contribution < -0.4 is 14.8 Å². The SMILES string of the molecule is CCC(C)OC(=O)C1=C(C)NC2=C(C(=O)CC(c3ccc(OC)c(OC)c3)C2)C1c1ccc(C)c([N+](=O)[O-])c1. The maximum absolute atomic E-state index is 13.9. The molecule has 0 saturated heterocycles. The fourth-order valence-electron chi connectivity index (χ4n) is 5.32. The van der Waals surface area contributed by atoms with Crippen LogP contribution in [0.4, 0.5) is 5.69 Å². The van der Waals surface area contributed by atoms with Crippen LogP contribution in [0.2, 0.25) is 0 Å². The van der Waals surface area contributed by atoms with Crippen molar-refractivity contribution in [2.75, 3.05) is 14.2 Å². The van der Waals surface area contributed by atoms with E-state index in [1.54, 1.807) is 47.1 Å². The van der Waals surface area contributed by atoms with E-state index >= 15 is 0 Å². The molecule has 0 radical (unpaired) electrons. The van der Waals surface area contributed by atoms with Crippen molar-refractivity contribution in [3.63, 3.8) is 0 Å². The van der Waals surface area contributed by atoms with Crippen molar-refractivity contribution in [1.29, 1.82) is 0 Å². The second-order valence-electron chi connectivity index (χ2n) is 10.1. The lowest BCUT2D eigenvalue weighted by atomic mass is 9.71. The van der Waals surface area contributed by atoms with Gasteiger partial charge in [-0.05, 0) is 62.8 Å². The maximum Gasteiger partial charge on any atom is 0.337 e. The second kappa shape index (κ2) is 11.3. The molecule has 1 heterocycles. The number of aryl methyl sites for hydroxylation is 1. The van der Waals surface area contributed by atoms with Crippen LogP contribution in [0.3, 0.4) is 0 Å². The molecule has 0 fully saturated rings. The summed E-state index contributed by atoms with van der Waals surface area (Å²) in [5.74, 6) is -0.394. The lowest BCUT2D eigenvalue weighted by Crippen LogP contribution is -2.36. The molecule has 1 aliphatic heterocycles. The Bertz CT molecular complexity index is 1390. The zero-order valence-electron chi connectivity index (χ0n) is 23.1. The maximum atomic E-state index is 13.9. The molecule has 9 heteroatoms. The summed E-state index contributed by atoms with van der Waals surface area (Å²) in [5.41, 5.74) is 3.89. The topological polar surface area (TPSA) is 117 Å². The van der Waals surface area contributed by atoms with Gasteiger partial charge in [-0.3, -0.25) is 14.9 Å². The van der Waals surface area contributed by atoms with Gasteiger partial charge < -0.3 is 19.5 Å². The molecule has 2 aliphatic rings. The molecule has 0 saturated carbocycles. The normalized spacial score (nSPS) is 19.7. The Kier molecular flexibility index (Phi) is 8.09. The van der Waals surface area contributed by atoms with Crippen LogP contribution in [-0.2, 0) is 14.3 Å². The molecule has 9 nitrogen and oxygen atoms in total. The van der Waals surface area contributed by atoms with Gasteiger partial charge in [0.15, 0.2) is 17.3 Å². The third-order valence-electron chi connectivity index (χ3n) is 7.57. The van der Waals surface area contributed by atoms with Gasteiger partial charge in [-0.2, -0.15) is 0 Å². The predicted octanol–water partition coefficient (Wildman–Crippen LogP) is 5.62. The van der Waals surface area contributed by atoms with Crippen LogP contribution in [0, 0.1) is 17.0 Å². The summed E-state index contributed by atoms with van der Waals surface area (Å²) < 4.78 is 16.5. The van der Waals surface area contributed by atoms with Crippen molar-refractivity contribution in [3.8, 4) is 11.5 Å². The van der Waals surface area contributed by atoms with Crippen molar-refractivity contribution in [3.05, 3.63) is 85.7 Å². The van der Waals surface area contributed by atoms with Crippen molar-refractivity contribution in [1.82, 2.24) is 5.32 Å². The number of allylic oxidation sites excluding steroid dienone is 3. The van der Waals surface area contributed by atoms with E-state index in [9.17, 15) is 19.7 Å². The number of benzene rings is 2. The highest BCUT2D eigenvalue weighted by Gasteiger charge is 2.42. The molecule has 2 aromatic rings. The van der Waals surface area contributed by atoms with Crippen LogP contribution in [0.5, 0.6) is 11.5 Å². The Morgan fingerprint density at radius 2 is 1.77 bits per heavy atom. The lowest BCUT2D eigenvalue weighted by Gasteiger charge is -2.37. The van der Waals surface area contributed by atoms with E-state index in [0.717, 1.165) is 5.56 Å². The molecule has 39 heavy (non-hydrogen) atoms. The van der Waals surface area contributed by atoms with E-state index < -0.39 is 16.8 Å². The van der Waals surface area contributed by atoms with Crippen LogP contribution in [0.15, 0.2) is 58.9 Å². The number of esters is 1. The second-order valence-corrected chi connectivity index (χ2v) is 10.1. The van der Waals surface area contributed by atoms with Crippen molar-refractivity contribution in [2.24, 2.45) is 0 Å². The highest BCUT2D eigenvalue weighted by Crippen LogP contribution is 2.47. The van der Waals surface area contributed by atoms with Gasteiger partial charge in [0, 0.05) is 40.9 Å². The summed E-state index contributed by atoms with van der Waals surface area (Å²) in [6.45, 7) is 7.16. The third kappa shape index (κ3) is 5.39. The minimum atomic E-state index is -0.782. The first kappa shape index (κ1) is 27.9. The van der Waals surface area contributed by atoms with E-state index in [1.165, 1.54) is 6.07 Å². The van der Waals surface area contributed by atoms with Crippen LogP contribution >= 0.6 is 0 Å². The number of nitro benzene ring substituents is 1. The minimum absolute atomic E-state index is 0.0630. The Hall–Kier alpha value is -4.14. The summed E-state index contributed by atoms with van der Waals surface area (Å²) in [4.78, 5) is 38.6. The van der Waals surface area contributed by atoms with Gasteiger partial charge in [0.2, 0.25) is 0 Å². The summed E-state index contributed by atoms with van der Waals surface area (Å²) in [5, 5.41) is 15.1. The predicted molar refractivity (Wildman–Crippen MR) is 146 cm³/mol. The highest BCUT2D eigenvalue weighted by atomic mass is 16.6. The van der Waals surface area contributed by atoms with Crippen LogP contribution in [-0.4, -0.2) is 37.0 Å². The molecule has 0 spiro atoms. The number of nitrogens with zero attached hydrogens (tertiary/aromatic N) is 1. The molecule has 3 atom stereocenters. The highest BCUT2D eigenvalue weighted by molar-refractivity contribution is 6.04. The van der Waals surface area contributed by atoms with Gasteiger partial charge in [0.25, 0.3) is 5.69 Å². The van der Waals surface area contributed by atoms with Gasteiger partial charge in [0.05, 0.1) is 30.8 Å². The van der Waals surface area contributed by atoms with Crippen LogP contribution in [0.1, 0.15) is 68.6 Å². The molecule has 1 N–H and O–H groups in total. The van der Waals surface area contributed by atoms with Crippen molar-refractivity contribution in [2.45, 2.75) is 64.9 Å². The molecule has 2 aromatic carbocycles. The Labute approximate surface area is 228 Å². The largest absolute Gasteiger partial charge is 0.493 e. The smallest absolute Gasteiger partial charge is 0.337 e. The van der Waals surface area contributed by atoms with Gasteiger partial charge in [-0.1, -0.05) is 25.1 Å². The van der Waals surface area contributed by atoms with Gasteiger partial charge in [0.1, 0.15) is 0 Å². The molecule has 0 aromatic heterocycles. The first-order chi connectivity index (χ1) is 18.6. The molecule has 1 aliphatic carbocycles. The molecular formula is C30H34N2O7. The fourth-order valence-corrected chi connectivity index (χ4v) is 5.32. The van der Waals surface area contributed by atoms with Gasteiger partial charge in [-0.15, -0.1) is 0 Å². The number of nitrogens with one attached hydrogen (secondary N) is 1. The van der Waals surface area contributed by atoms with Gasteiger partial charge >= 0.3 is 5.97 Å². The van der Waals surface area contributed by atoms with E-state index in [1.807, 2.05) is 25.1 Å². The Balaban J connectivity index is 1.82. The molecular weight excluding hydrogens is 500 g/mol. The summed E-state index contributed by atoms with van der Waals surface area (Å²) in [6, 6.07) is 10.5. The number of methoxy groups -OCH3 is 2. The van der Waals surface area contributed by atoms with E-state index in [4.69, 9.17) is 14.2 Å². The number of rotatable bonds is 8. The number of dihydropyridines is 1. The summed E-state index contributed by atoms with van der Waals surface area (Å²) in [6.07, 6.45) is 1.04. The average molecular weight is 535 g/mol. The number of ketones is 1. The lowest BCUT2D eigenvalue weighted by molar-refractivity contribution is -0.385. The number of ether oxygens (including phenoxy) is 3. The zero-order valence-corrected chi connectivity index (χ0v) is 23.1. The number of hydrogen-bond donors (Lipinski definition) is 1. The fraction of sp³-hybridized carbons (Fsp3) is 0.400. The van der Waals surface area contributed by atoms with E-state index in [0.29, 0.717) is 58.0 Å². The van der Waals surface area contributed by atoms with E-state index in [-0.39, 0.29) is 29.9 Å². The molecule has 0 bridgehead atoms. The van der Waals surface area contributed by atoms with Crippen molar-refractivity contribution < 1.29 is 28.7 Å². The third-order valence-corrected chi connectivity index (χ3v) is 7.57. The Morgan fingerprint density at radius 1 is 1.08 bits per heavy atom. The number of carbonyl (C=O) groups is 2. The monoisotopic (exact) mass is 534 g/mol. The van der Waals surface area contributed by atoms with Gasteiger partial charge in [-0.25, -0.2) is 4.79 Å². The summed E-state index contributed by atoms with van der Waals surface area (Å²) in [7, 11) is 3.13. The first-order valence-corrected chi connectivity index (χ1v) is 13.0. The zero-order chi connectivity index (χ0) is 28.4. The molecule has 206 valence electrons. The molecule has 3 unspecified atom stereocenters. The Morgan fingerprint density at radius 3 is 2.41 bits per heavy atom. The molecule has 4 rings (SSSR count). The van der Waals surface area contributed by atoms with Crippen LogP contribution in [0.25, 0.3) is 0 Å². The first-order valence-electron chi connectivity index (χ1n) is 13.0.